The number of aryl methyl sites for hydroxylation is 1. The number of hydrogen-bond donors (Lipinski definition) is 0. The maximum Gasteiger partial charge on any atom is 0.140 e. The Bertz CT molecular complexity index is 3830. The molecule has 1 aliphatic heterocycles. The summed E-state index contributed by atoms with van der Waals surface area (Å²) < 4.78 is 7.33. The molecule has 2 aliphatic carbocycles. The number of ether oxygens (including phenoxy) is 1. The normalized spacial score (nSPS) is 14.8. The monoisotopic (exact) mass is 905 g/mol. The Kier molecular flexibility index (Phi) is 9.60. The summed E-state index contributed by atoms with van der Waals surface area (Å²) in [5.41, 5.74) is 21.9. The van der Waals surface area contributed by atoms with E-state index in [-0.39, 0.29) is 0 Å². The lowest BCUT2D eigenvalue weighted by Crippen LogP contribution is -2.32. The van der Waals surface area contributed by atoms with Crippen LogP contribution in [0.5, 0.6) is 11.5 Å². The Morgan fingerprint density at radius 3 is 1.70 bits per heavy atom. The van der Waals surface area contributed by atoms with E-state index in [1.807, 2.05) is 0 Å². The molecule has 2 nitrogen and oxygen atoms in total. The van der Waals surface area contributed by atoms with Crippen molar-refractivity contribution in [3.05, 3.63) is 288 Å². The topological polar surface area (TPSA) is 12.5 Å². The molecule has 14 rings (SSSR count). The molecule has 0 saturated heterocycles. The van der Waals surface area contributed by atoms with Crippen LogP contribution in [0.3, 0.4) is 0 Å². The summed E-state index contributed by atoms with van der Waals surface area (Å²) in [4.78, 5) is 2.48. The number of rotatable bonds is 7. The Morgan fingerprint density at radius 1 is 0.380 bits per heavy atom. The molecule has 0 aromatic heterocycles. The van der Waals surface area contributed by atoms with Crippen molar-refractivity contribution in [1.29, 1.82) is 0 Å². The van der Waals surface area contributed by atoms with E-state index in [9.17, 15) is 0 Å². The van der Waals surface area contributed by atoms with Gasteiger partial charge < -0.3 is 9.64 Å². The van der Waals surface area contributed by atoms with Gasteiger partial charge >= 0.3 is 0 Å². The lowest BCUT2D eigenvalue weighted by Gasteiger charge is -2.41. The lowest BCUT2D eigenvalue weighted by atomic mass is 9.65. The first-order valence-electron chi connectivity index (χ1n) is 24.8. The van der Waals surface area contributed by atoms with E-state index in [0.717, 1.165) is 63.5 Å². The molecule has 0 radical (unpaired) electrons. The van der Waals surface area contributed by atoms with Crippen LogP contribution in [0.2, 0.25) is 0 Å². The molecule has 0 amide bonds. The number of allylic oxidation sites excluding steroid dienone is 1. The summed E-state index contributed by atoms with van der Waals surface area (Å²) in [5.74, 6) is 1.91. The standard InChI is InChI=1S/C69H47NO/c1-4-19-46(20-5-1)49-35-39-54(40-36-49)70(55-44-52(47-21-6-2-7-22-47)43-53(45-55)48-23-8-3-9-24-48)65-34-17-15-29-58(65)59-31-18-33-62-66(59)60-30-14-16-32-61(60)69(62)63-41-37-50-25-10-12-27-56(50)67(63)71-68-57-28-13-11-26-51(57)38-42-64(68)69/h1-10,12-25,27-45H,11,26H2. The van der Waals surface area contributed by atoms with Gasteiger partial charge in [-0.15, -0.1) is 0 Å². The molecule has 71 heavy (non-hydrogen) atoms. The molecule has 2 heteroatoms. The number of benzene rings is 11. The second-order valence-corrected chi connectivity index (χ2v) is 19.0. The SMILES string of the molecule is C1=Cc2c(ccc3c2Oc2c(ccc4ccccc24)C32c3ccccc3-c3c(-c4ccccc4N(c4ccc(-c5ccccc5)cc4)c4cc(-c5ccccc5)cc(-c5ccccc5)c4)cccc32)CC1. The molecule has 1 heterocycles. The predicted octanol–water partition coefficient (Wildman–Crippen LogP) is 18.4. The summed E-state index contributed by atoms with van der Waals surface area (Å²) in [5, 5.41) is 2.30. The minimum absolute atomic E-state index is 0.647. The van der Waals surface area contributed by atoms with E-state index in [2.05, 4.69) is 266 Å². The van der Waals surface area contributed by atoms with Crippen molar-refractivity contribution in [3.63, 3.8) is 0 Å². The Hall–Kier alpha value is -8.98. The smallest absolute Gasteiger partial charge is 0.140 e. The summed E-state index contributed by atoms with van der Waals surface area (Å²) in [6.07, 6.45) is 6.64. The summed E-state index contributed by atoms with van der Waals surface area (Å²) in [6, 6.07) is 91.6. The predicted molar refractivity (Wildman–Crippen MR) is 295 cm³/mol. The highest BCUT2D eigenvalue weighted by molar-refractivity contribution is 6.03. The summed E-state index contributed by atoms with van der Waals surface area (Å²) in [6.45, 7) is 0. The van der Waals surface area contributed by atoms with Crippen molar-refractivity contribution < 1.29 is 4.74 Å². The van der Waals surface area contributed by atoms with Crippen LogP contribution in [-0.2, 0) is 11.8 Å². The fourth-order valence-corrected chi connectivity index (χ4v) is 12.0. The largest absolute Gasteiger partial charge is 0.455 e. The maximum atomic E-state index is 7.33. The molecule has 1 spiro atoms. The number of para-hydroxylation sites is 1. The van der Waals surface area contributed by atoms with Gasteiger partial charge in [0.1, 0.15) is 11.5 Å². The number of nitrogens with zero attached hydrogens (tertiary/aromatic N) is 1. The van der Waals surface area contributed by atoms with Gasteiger partial charge in [-0.3, -0.25) is 0 Å². The second-order valence-electron chi connectivity index (χ2n) is 19.0. The first kappa shape index (κ1) is 41.0. The highest BCUT2D eigenvalue weighted by atomic mass is 16.5. The van der Waals surface area contributed by atoms with Crippen LogP contribution in [0.25, 0.3) is 72.5 Å². The Morgan fingerprint density at radius 2 is 0.958 bits per heavy atom. The number of fused-ring (bicyclic) bond motifs is 13. The zero-order valence-electron chi connectivity index (χ0n) is 39.1. The summed E-state index contributed by atoms with van der Waals surface area (Å²) >= 11 is 0. The van der Waals surface area contributed by atoms with Crippen LogP contribution < -0.4 is 9.64 Å². The molecule has 0 bridgehead atoms. The van der Waals surface area contributed by atoms with Crippen LogP contribution in [0.1, 0.15) is 39.8 Å². The first-order chi connectivity index (χ1) is 35.2. The van der Waals surface area contributed by atoms with Crippen LogP contribution in [0, 0.1) is 0 Å². The van der Waals surface area contributed by atoms with Gasteiger partial charge in [-0.1, -0.05) is 224 Å². The quantitative estimate of drug-likeness (QED) is 0.158. The Balaban J connectivity index is 1.04. The third kappa shape index (κ3) is 6.49. The highest BCUT2D eigenvalue weighted by Crippen LogP contribution is 2.65. The van der Waals surface area contributed by atoms with Crippen LogP contribution in [-0.4, -0.2) is 0 Å². The molecule has 11 aromatic rings. The first-order valence-corrected chi connectivity index (χ1v) is 24.8. The van der Waals surface area contributed by atoms with Gasteiger partial charge in [0.25, 0.3) is 0 Å². The van der Waals surface area contributed by atoms with Gasteiger partial charge in [0.05, 0.1) is 11.1 Å². The molecular formula is C69H47NO. The molecule has 0 fully saturated rings. The van der Waals surface area contributed by atoms with Crippen molar-refractivity contribution >= 4 is 33.9 Å². The van der Waals surface area contributed by atoms with Gasteiger partial charge in [-0.25, -0.2) is 0 Å². The van der Waals surface area contributed by atoms with Gasteiger partial charge in [-0.05, 0) is 121 Å². The van der Waals surface area contributed by atoms with E-state index in [1.54, 1.807) is 0 Å². The average molecular weight is 906 g/mol. The molecule has 334 valence electrons. The molecule has 1 unspecified atom stereocenters. The van der Waals surface area contributed by atoms with E-state index in [0.29, 0.717) is 0 Å². The fraction of sp³-hybridized carbons (Fsp3) is 0.0435. The second kappa shape index (κ2) is 16.6. The van der Waals surface area contributed by atoms with Crippen molar-refractivity contribution in [2.24, 2.45) is 0 Å². The molecular weight excluding hydrogens is 859 g/mol. The number of anilines is 3. The van der Waals surface area contributed by atoms with Crippen molar-refractivity contribution in [3.8, 4) is 67.1 Å². The van der Waals surface area contributed by atoms with E-state index in [1.165, 1.54) is 77.7 Å². The van der Waals surface area contributed by atoms with Crippen molar-refractivity contribution in [2.45, 2.75) is 18.3 Å². The Labute approximate surface area is 415 Å². The average Bonchev–Trinajstić information content (AvgIpc) is 3.75. The molecule has 0 N–H and O–H groups in total. The van der Waals surface area contributed by atoms with Gasteiger partial charge in [0.15, 0.2) is 0 Å². The van der Waals surface area contributed by atoms with Crippen LogP contribution in [0.4, 0.5) is 17.1 Å². The zero-order chi connectivity index (χ0) is 46.9. The number of hydrogen-bond acceptors (Lipinski definition) is 2. The molecule has 11 aromatic carbocycles. The van der Waals surface area contributed by atoms with Gasteiger partial charge in [0.2, 0.25) is 0 Å². The van der Waals surface area contributed by atoms with E-state index < -0.39 is 5.41 Å². The highest BCUT2D eigenvalue weighted by Gasteiger charge is 2.52. The van der Waals surface area contributed by atoms with E-state index in [4.69, 9.17) is 4.74 Å². The zero-order valence-corrected chi connectivity index (χ0v) is 39.1. The molecule has 0 saturated carbocycles. The van der Waals surface area contributed by atoms with E-state index >= 15 is 0 Å². The van der Waals surface area contributed by atoms with Gasteiger partial charge in [-0.2, -0.15) is 0 Å². The third-order valence-electron chi connectivity index (χ3n) is 15.2. The maximum absolute atomic E-state index is 7.33. The molecule has 1 atom stereocenters. The van der Waals surface area contributed by atoms with Crippen LogP contribution >= 0.6 is 0 Å². The lowest BCUT2D eigenvalue weighted by molar-refractivity contribution is 0.439. The summed E-state index contributed by atoms with van der Waals surface area (Å²) in [7, 11) is 0. The fourth-order valence-electron chi connectivity index (χ4n) is 12.0. The van der Waals surface area contributed by atoms with Crippen molar-refractivity contribution in [1.82, 2.24) is 0 Å². The van der Waals surface area contributed by atoms with Gasteiger partial charge in [0, 0.05) is 39.0 Å². The van der Waals surface area contributed by atoms with Crippen LogP contribution in [0.15, 0.2) is 255 Å². The molecule has 3 aliphatic rings. The minimum atomic E-state index is -0.647. The minimum Gasteiger partial charge on any atom is -0.455 e. The van der Waals surface area contributed by atoms with Crippen molar-refractivity contribution in [2.75, 3.05) is 4.90 Å². The third-order valence-corrected chi connectivity index (χ3v) is 15.2.